The second kappa shape index (κ2) is 9.00. The molecule has 2 rings (SSSR count). The second-order valence-electron chi connectivity index (χ2n) is 5.44. The van der Waals surface area contributed by atoms with E-state index in [0.29, 0.717) is 37.0 Å². The van der Waals surface area contributed by atoms with Gasteiger partial charge in [0, 0.05) is 24.8 Å². The average Bonchev–Trinajstić information content (AvgIpc) is 3.00. The number of hydrogen-bond acceptors (Lipinski definition) is 6. The summed E-state index contributed by atoms with van der Waals surface area (Å²) in [5, 5.41) is 0. The van der Waals surface area contributed by atoms with Gasteiger partial charge in [-0.25, -0.2) is 9.78 Å². The Morgan fingerprint density at radius 2 is 2.04 bits per heavy atom. The van der Waals surface area contributed by atoms with Gasteiger partial charge in [-0.15, -0.1) is 9.42 Å². The number of unbranched alkanes of at least 4 members (excludes halogenated alkanes) is 2. The first-order valence-electron chi connectivity index (χ1n) is 7.98. The van der Waals surface area contributed by atoms with E-state index in [4.69, 9.17) is 9.63 Å². The zero-order valence-electron chi connectivity index (χ0n) is 14.3. The zero-order chi connectivity index (χ0) is 18.4. The summed E-state index contributed by atoms with van der Waals surface area (Å²) in [7, 11) is -1.01. The summed E-state index contributed by atoms with van der Waals surface area (Å²) in [5.74, 6) is 0. The molecule has 2 aromatic rings. The molecule has 0 amide bonds. The van der Waals surface area contributed by atoms with Gasteiger partial charge in [0.1, 0.15) is 13.3 Å². The molecule has 0 bridgehead atoms. The van der Waals surface area contributed by atoms with Gasteiger partial charge in [0.05, 0.1) is 6.33 Å². The van der Waals surface area contributed by atoms with Gasteiger partial charge < -0.3 is 9.30 Å². The Morgan fingerprint density at radius 1 is 1.28 bits per heavy atom. The smallest absolute Gasteiger partial charge is 0.361 e. The highest BCUT2D eigenvalue weighted by molar-refractivity contribution is 7.32. The van der Waals surface area contributed by atoms with Gasteiger partial charge >= 0.3 is 13.9 Å². The second-order valence-corrected chi connectivity index (χ2v) is 6.17. The molecule has 10 nitrogen and oxygen atoms in total. The van der Waals surface area contributed by atoms with E-state index in [9.17, 15) is 14.2 Å². The topological polar surface area (TPSA) is 118 Å². The van der Waals surface area contributed by atoms with E-state index in [1.165, 1.54) is 15.5 Å². The molecule has 0 saturated heterocycles. The number of nitrogens with zero attached hydrogens (tertiary/aromatic N) is 4. The maximum absolute atomic E-state index is 12.7. The molecule has 0 aliphatic rings. The minimum atomic E-state index is -2.58. The number of aromatic nitrogens is 4. The largest absolute Gasteiger partial charge is 0.694 e. The molecule has 0 fully saturated rings. The molecule has 0 aliphatic carbocycles. The summed E-state index contributed by atoms with van der Waals surface area (Å²) < 4.78 is 24.4. The van der Waals surface area contributed by atoms with Gasteiger partial charge in [0.2, 0.25) is 0 Å². The summed E-state index contributed by atoms with van der Waals surface area (Å²) in [6, 6.07) is 0. The first-order chi connectivity index (χ1) is 12.0. The van der Waals surface area contributed by atoms with E-state index < -0.39 is 19.5 Å². The Morgan fingerprint density at radius 3 is 2.72 bits per heavy atom. The molecule has 2 aromatic heterocycles. The molecule has 1 unspecified atom stereocenters. The standard InChI is InChI=1S/C14H21N4O6P/c1-3-23-10-17-9-15-12-11(17)13(19)18(14(20)16(12)2)7-5-4-6-8-24-25(21)22/h9H,3-8,10H2,1-2H3/p+1. The molecular weight excluding hydrogens is 351 g/mol. The van der Waals surface area contributed by atoms with Crippen LogP contribution >= 0.6 is 8.25 Å². The van der Waals surface area contributed by atoms with Crippen LogP contribution < -0.4 is 11.2 Å². The van der Waals surface area contributed by atoms with Gasteiger partial charge in [-0.1, -0.05) is 0 Å². The third kappa shape index (κ3) is 4.60. The predicted molar refractivity (Wildman–Crippen MR) is 90.5 cm³/mol. The van der Waals surface area contributed by atoms with Crippen molar-refractivity contribution in [3.05, 3.63) is 27.2 Å². The lowest BCUT2D eigenvalue weighted by molar-refractivity contribution is 0.0903. The Kier molecular flexibility index (Phi) is 7.01. The number of ether oxygens (including phenoxy) is 1. The number of fused-ring (bicyclic) bond motifs is 1. The summed E-state index contributed by atoms with van der Waals surface area (Å²) >= 11 is 0. The lowest BCUT2D eigenvalue weighted by atomic mass is 10.2. The predicted octanol–water partition coefficient (Wildman–Crippen LogP) is 0.727. The molecule has 2 heterocycles. The van der Waals surface area contributed by atoms with Gasteiger partial charge in [-0.05, 0) is 26.2 Å². The van der Waals surface area contributed by atoms with Gasteiger partial charge in [-0.2, -0.15) is 0 Å². The van der Waals surface area contributed by atoms with Crippen LogP contribution in [-0.4, -0.2) is 36.8 Å². The molecule has 0 spiro atoms. The van der Waals surface area contributed by atoms with Crippen LogP contribution in [0.4, 0.5) is 0 Å². The van der Waals surface area contributed by atoms with Crippen molar-refractivity contribution in [2.24, 2.45) is 7.05 Å². The summed E-state index contributed by atoms with van der Waals surface area (Å²) in [5.41, 5.74) is -0.166. The number of imidazole rings is 1. The average molecular weight is 373 g/mol. The normalized spacial score (nSPS) is 12.0. The van der Waals surface area contributed by atoms with Crippen LogP contribution in [0.25, 0.3) is 11.2 Å². The Labute approximate surface area is 144 Å². The SMILES string of the molecule is CCOCn1cnc2c1c(=O)n(CCCCCO[P+](=O)O)c(=O)n2C. The van der Waals surface area contributed by atoms with Crippen LogP contribution in [0.3, 0.4) is 0 Å². The first kappa shape index (κ1) is 19.5. The summed E-state index contributed by atoms with van der Waals surface area (Å²) in [4.78, 5) is 37.8. The molecule has 0 aromatic carbocycles. The number of hydrogen-bond donors (Lipinski definition) is 1. The van der Waals surface area contributed by atoms with Gasteiger partial charge in [0.15, 0.2) is 11.2 Å². The molecular formula is C14H22N4O6P+. The van der Waals surface area contributed by atoms with Crippen molar-refractivity contribution >= 4 is 19.4 Å². The highest BCUT2D eigenvalue weighted by Crippen LogP contribution is 2.15. The zero-order valence-corrected chi connectivity index (χ0v) is 15.1. The molecule has 0 saturated carbocycles. The van der Waals surface area contributed by atoms with Crippen molar-refractivity contribution in [1.82, 2.24) is 18.7 Å². The van der Waals surface area contributed by atoms with E-state index in [2.05, 4.69) is 9.51 Å². The van der Waals surface area contributed by atoms with E-state index in [-0.39, 0.29) is 19.9 Å². The van der Waals surface area contributed by atoms with Crippen LogP contribution in [0.1, 0.15) is 26.2 Å². The van der Waals surface area contributed by atoms with Crippen molar-refractivity contribution in [3.63, 3.8) is 0 Å². The van der Waals surface area contributed by atoms with E-state index in [1.807, 2.05) is 6.92 Å². The van der Waals surface area contributed by atoms with Crippen LogP contribution in [0.5, 0.6) is 0 Å². The third-order valence-electron chi connectivity index (χ3n) is 3.76. The highest BCUT2D eigenvalue weighted by atomic mass is 31.1. The van der Waals surface area contributed by atoms with Gasteiger partial charge in [0.25, 0.3) is 5.56 Å². The van der Waals surface area contributed by atoms with Crippen LogP contribution in [0.15, 0.2) is 15.9 Å². The van der Waals surface area contributed by atoms with E-state index >= 15 is 0 Å². The number of rotatable bonds is 10. The van der Waals surface area contributed by atoms with Gasteiger partial charge in [-0.3, -0.25) is 13.9 Å². The Balaban J connectivity index is 2.17. The molecule has 1 atom stereocenters. The maximum Gasteiger partial charge on any atom is 0.694 e. The lowest BCUT2D eigenvalue weighted by Gasteiger charge is -2.09. The van der Waals surface area contributed by atoms with Crippen molar-refractivity contribution in [2.45, 2.75) is 39.5 Å². The summed E-state index contributed by atoms with van der Waals surface area (Å²) in [6.07, 6.45) is 3.29. The minimum absolute atomic E-state index is 0.165. The first-order valence-corrected chi connectivity index (χ1v) is 9.11. The molecule has 25 heavy (non-hydrogen) atoms. The van der Waals surface area contributed by atoms with Crippen molar-refractivity contribution < 1.29 is 18.7 Å². The Bertz CT molecular complexity index is 855. The van der Waals surface area contributed by atoms with Crippen molar-refractivity contribution in [3.8, 4) is 0 Å². The van der Waals surface area contributed by atoms with Crippen LogP contribution in [0.2, 0.25) is 0 Å². The quantitative estimate of drug-likeness (QED) is 0.482. The fourth-order valence-corrected chi connectivity index (χ4v) is 2.78. The molecule has 138 valence electrons. The third-order valence-corrected chi connectivity index (χ3v) is 4.17. The monoisotopic (exact) mass is 373 g/mol. The molecule has 0 radical (unpaired) electrons. The van der Waals surface area contributed by atoms with Crippen LogP contribution in [-0.2, 0) is 34.1 Å². The van der Waals surface area contributed by atoms with E-state index in [0.717, 1.165) is 0 Å². The highest BCUT2D eigenvalue weighted by Gasteiger charge is 2.16. The van der Waals surface area contributed by atoms with Crippen molar-refractivity contribution in [2.75, 3.05) is 13.2 Å². The minimum Gasteiger partial charge on any atom is -0.361 e. The molecule has 0 aliphatic heterocycles. The molecule has 1 N–H and O–H groups in total. The van der Waals surface area contributed by atoms with Crippen LogP contribution in [0, 0.1) is 0 Å². The molecule has 11 heteroatoms. The van der Waals surface area contributed by atoms with E-state index in [1.54, 1.807) is 11.6 Å². The summed E-state index contributed by atoms with van der Waals surface area (Å²) in [6.45, 7) is 2.97. The van der Waals surface area contributed by atoms with Crippen molar-refractivity contribution in [1.29, 1.82) is 0 Å². The fourth-order valence-electron chi connectivity index (χ4n) is 2.50. The maximum atomic E-state index is 12.7. The number of aryl methyl sites for hydroxylation is 1. The Hall–Kier alpha value is -1.87. The lowest BCUT2D eigenvalue weighted by Crippen LogP contribution is -2.39. The fraction of sp³-hybridized carbons (Fsp3) is 0.643.